The molecule has 0 saturated carbocycles. The van der Waals surface area contributed by atoms with E-state index in [9.17, 15) is 0 Å². The Morgan fingerprint density at radius 3 is 2.72 bits per heavy atom. The maximum atomic E-state index is 6.13. The van der Waals surface area contributed by atoms with Crippen molar-refractivity contribution in [1.82, 2.24) is 14.7 Å². The van der Waals surface area contributed by atoms with Crippen molar-refractivity contribution in [1.29, 1.82) is 0 Å². The van der Waals surface area contributed by atoms with Crippen molar-refractivity contribution < 1.29 is 0 Å². The topological polar surface area (TPSA) is 59.1 Å². The van der Waals surface area contributed by atoms with Crippen LogP contribution in [0.5, 0.6) is 0 Å². The van der Waals surface area contributed by atoms with Crippen molar-refractivity contribution in [3.8, 4) is 0 Å². The van der Waals surface area contributed by atoms with Crippen LogP contribution in [0.3, 0.4) is 0 Å². The van der Waals surface area contributed by atoms with Crippen LogP contribution in [0.4, 0.5) is 11.5 Å². The smallest absolute Gasteiger partial charge is 0.147 e. The number of likely N-dealkylation sites (tertiary alicyclic amines) is 1. The summed E-state index contributed by atoms with van der Waals surface area (Å²) < 4.78 is 1.87. The Hall–Kier alpha value is -1.23. The number of nitrogens with zero attached hydrogens (tertiary/aromatic N) is 3. The second-order valence-electron chi connectivity index (χ2n) is 5.06. The Morgan fingerprint density at radius 2 is 2.06 bits per heavy atom. The fraction of sp³-hybridized carbons (Fsp3) is 0.769. The van der Waals surface area contributed by atoms with Crippen LogP contribution in [0, 0.1) is 0 Å². The first-order chi connectivity index (χ1) is 8.72. The molecule has 0 atom stereocenters. The molecule has 18 heavy (non-hydrogen) atoms. The molecule has 0 bridgehead atoms. The van der Waals surface area contributed by atoms with Crippen LogP contribution in [-0.4, -0.2) is 40.9 Å². The van der Waals surface area contributed by atoms with Gasteiger partial charge in [0.2, 0.25) is 0 Å². The van der Waals surface area contributed by atoms with Crippen LogP contribution >= 0.6 is 0 Å². The lowest BCUT2D eigenvalue weighted by atomic mass is 10.2. The van der Waals surface area contributed by atoms with Crippen LogP contribution in [0.25, 0.3) is 0 Å². The highest BCUT2D eigenvalue weighted by Crippen LogP contribution is 2.22. The van der Waals surface area contributed by atoms with Crippen molar-refractivity contribution in [3.63, 3.8) is 0 Å². The zero-order valence-corrected chi connectivity index (χ0v) is 11.6. The molecule has 1 saturated heterocycles. The molecule has 0 aromatic carbocycles. The molecular weight excluding hydrogens is 226 g/mol. The molecule has 0 unspecified atom stereocenters. The summed E-state index contributed by atoms with van der Waals surface area (Å²) in [5, 5.41) is 7.89. The Labute approximate surface area is 109 Å². The number of aryl methyl sites for hydroxylation is 2. The van der Waals surface area contributed by atoms with Crippen molar-refractivity contribution in [2.45, 2.75) is 32.6 Å². The van der Waals surface area contributed by atoms with Crippen molar-refractivity contribution in [2.75, 3.05) is 37.2 Å². The first kappa shape index (κ1) is 13.2. The number of anilines is 2. The highest BCUT2D eigenvalue weighted by atomic mass is 15.3. The minimum Gasteiger partial charge on any atom is -0.394 e. The van der Waals surface area contributed by atoms with Gasteiger partial charge in [-0.3, -0.25) is 4.68 Å². The molecule has 5 heteroatoms. The van der Waals surface area contributed by atoms with E-state index in [1.165, 1.54) is 25.9 Å². The highest BCUT2D eigenvalue weighted by Gasteiger charge is 2.14. The van der Waals surface area contributed by atoms with Gasteiger partial charge in [-0.25, -0.2) is 0 Å². The van der Waals surface area contributed by atoms with E-state index in [4.69, 9.17) is 5.73 Å². The molecule has 2 rings (SSSR count). The largest absolute Gasteiger partial charge is 0.394 e. The highest BCUT2D eigenvalue weighted by molar-refractivity contribution is 5.65. The Kier molecular flexibility index (Phi) is 4.47. The van der Waals surface area contributed by atoms with Gasteiger partial charge in [-0.15, -0.1) is 0 Å². The van der Waals surface area contributed by atoms with Gasteiger partial charge in [0.15, 0.2) is 0 Å². The number of hydrogen-bond acceptors (Lipinski definition) is 4. The van der Waals surface area contributed by atoms with Crippen LogP contribution in [0.15, 0.2) is 0 Å². The molecule has 3 N–H and O–H groups in total. The number of nitrogens with one attached hydrogen (secondary N) is 1. The molecule has 1 fully saturated rings. The fourth-order valence-corrected chi connectivity index (χ4v) is 2.57. The van der Waals surface area contributed by atoms with E-state index in [-0.39, 0.29) is 0 Å². The lowest BCUT2D eigenvalue weighted by Gasteiger charge is -2.15. The third kappa shape index (κ3) is 2.96. The molecule has 0 radical (unpaired) electrons. The van der Waals surface area contributed by atoms with Gasteiger partial charge in [0.1, 0.15) is 5.82 Å². The molecule has 102 valence electrons. The van der Waals surface area contributed by atoms with Crippen molar-refractivity contribution in [3.05, 3.63) is 5.69 Å². The van der Waals surface area contributed by atoms with Crippen LogP contribution in [0.1, 0.15) is 31.9 Å². The van der Waals surface area contributed by atoms with E-state index in [1.807, 2.05) is 11.7 Å². The minimum atomic E-state index is 0.820. The number of hydrogen-bond donors (Lipinski definition) is 2. The van der Waals surface area contributed by atoms with E-state index in [0.29, 0.717) is 0 Å². The van der Waals surface area contributed by atoms with E-state index >= 15 is 0 Å². The second-order valence-corrected chi connectivity index (χ2v) is 5.06. The van der Waals surface area contributed by atoms with Gasteiger partial charge in [0.25, 0.3) is 0 Å². The maximum absolute atomic E-state index is 6.13. The molecule has 5 nitrogen and oxygen atoms in total. The first-order valence-corrected chi connectivity index (χ1v) is 7.00. The maximum Gasteiger partial charge on any atom is 0.147 e. The van der Waals surface area contributed by atoms with Crippen LogP contribution in [-0.2, 0) is 13.5 Å². The molecular formula is C13H25N5. The molecule has 0 spiro atoms. The number of nitrogens with two attached hydrogens (primary N) is 1. The van der Waals surface area contributed by atoms with Gasteiger partial charge >= 0.3 is 0 Å². The minimum absolute atomic E-state index is 0.820. The summed E-state index contributed by atoms with van der Waals surface area (Å²) >= 11 is 0. The van der Waals surface area contributed by atoms with Crippen molar-refractivity contribution in [2.24, 2.45) is 7.05 Å². The van der Waals surface area contributed by atoms with Gasteiger partial charge < -0.3 is 16.0 Å². The Morgan fingerprint density at radius 1 is 1.33 bits per heavy atom. The van der Waals surface area contributed by atoms with Gasteiger partial charge in [-0.2, -0.15) is 5.10 Å². The molecule has 0 amide bonds. The Bertz CT molecular complexity index is 379. The summed E-state index contributed by atoms with van der Waals surface area (Å²) in [4.78, 5) is 2.49. The van der Waals surface area contributed by atoms with Gasteiger partial charge in [0, 0.05) is 20.1 Å². The molecule has 2 heterocycles. The van der Waals surface area contributed by atoms with Crippen molar-refractivity contribution >= 4 is 11.5 Å². The number of nitrogen functional groups attached to an aromatic ring is 1. The molecule has 1 aromatic rings. The van der Waals surface area contributed by atoms with E-state index in [1.54, 1.807) is 0 Å². The molecule has 1 aromatic heterocycles. The van der Waals surface area contributed by atoms with Crippen LogP contribution in [0.2, 0.25) is 0 Å². The average Bonchev–Trinajstić information content (AvgIpc) is 2.93. The zero-order valence-electron chi connectivity index (χ0n) is 11.6. The molecule has 1 aliphatic rings. The predicted octanol–water partition coefficient (Wildman–Crippen LogP) is 1.46. The predicted molar refractivity (Wildman–Crippen MR) is 75.8 cm³/mol. The van der Waals surface area contributed by atoms with Crippen LogP contribution < -0.4 is 11.1 Å². The Balaban J connectivity index is 1.87. The van der Waals surface area contributed by atoms with Gasteiger partial charge in [-0.1, -0.05) is 13.3 Å². The SMILES string of the molecule is CCCc1nn(C)c(NCCN2CCCC2)c1N. The summed E-state index contributed by atoms with van der Waals surface area (Å²) in [6.07, 6.45) is 4.71. The molecule has 1 aliphatic heterocycles. The third-order valence-corrected chi connectivity index (χ3v) is 3.57. The number of rotatable bonds is 6. The summed E-state index contributed by atoms with van der Waals surface area (Å²) in [5.74, 6) is 0.970. The van der Waals surface area contributed by atoms with Gasteiger partial charge in [0.05, 0.1) is 11.4 Å². The quantitative estimate of drug-likeness (QED) is 0.803. The summed E-state index contributed by atoms with van der Waals surface area (Å²) in [7, 11) is 1.95. The number of aromatic nitrogens is 2. The van der Waals surface area contributed by atoms with E-state index in [0.717, 1.165) is 43.1 Å². The monoisotopic (exact) mass is 251 g/mol. The van der Waals surface area contributed by atoms with E-state index < -0.39 is 0 Å². The second kappa shape index (κ2) is 6.09. The fourth-order valence-electron chi connectivity index (χ4n) is 2.57. The standard InChI is InChI=1S/C13H25N5/c1-3-6-11-12(14)13(17(2)16-11)15-7-10-18-8-4-5-9-18/h15H,3-10,14H2,1-2H3. The van der Waals surface area contributed by atoms with Gasteiger partial charge in [-0.05, 0) is 32.4 Å². The summed E-state index contributed by atoms with van der Waals surface area (Å²) in [6.45, 7) is 6.66. The summed E-state index contributed by atoms with van der Waals surface area (Å²) in [6, 6.07) is 0. The molecule has 0 aliphatic carbocycles. The summed E-state index contributed by atoms with van der Waals surface area (Å²) in [5.41, 5.74) is 7.96. The third-order valence-electron chi connectivity index (χ3n) is 3.57. The lowest BCUT2D eigenvalue weighted by molar-refractivity contribution is 0.352. The normalized spacial score (nSPS) is 16.3. The average molecular weight is 251 g/mol. The first-order valence-electron chi connectivity index (χ1n) is 7.00. The van der Waals surface area contributed by atoms with E-state index in [2.05, 4.69) is 22.2 Å². The zero-order chi connectivity index (χ0) is 13.0. The lowest BCUT2D eigenvalue weighted by Crippen LogP contribution is -2.26.